The van der Waals surface area contributed by atoms with E-state index in [9.17, 15) is 4.79 Å². The third-order valence-corrected chi connectivity index (χ3v) is 4.93. The zero-order valence-corrected chi connectivity index (χ0v) is 16.4. The van der Waals surface area contributed by atoms with Crippen molar-refractivity contribution >= 4 is 11.6 Å². The van der Waals surface area contributed by atoms with E-state index < -0.39 is 0 Å². The Morgan fingerprint density at radius 2 is 1.96 bits per heavy atom. The summed E-state index contributed by atoms with van der Waals surface area (Å²) in [5, 5.41) is 25.7. The van der Waals surface area contributed by atoms with Gasteiger partial charge in [0.1, 0.15) is 23.3 Å². The van der Waals surface area contributed by atoms with Crippen LogP contribution < -0.4 is 16.0 Å². The van der Waals surface area contributed by atoms with E-state index in [0.717, 1.165) is 30.6 Å². The number of benzene rings is 1. The maximum atomic E-state index is 12.7. The SMILES string of the molecule is CN/C(C(=O)NC(NCc1ccc(C)c(C)c1)=C1CCC1)=C(/C)C(=N)C#N. The fourth-order valence-corrected chi connectivity index (χ4v) is 2.82. The van der Waals surface area contributed by atoms with Crippen molar-refractivity contribution in [2.45, 2.75) is 46.6 Å². The number of aryl methyl sites for hydroxylation is 2. The molecule has 6 nitrogen and oxygen atoms in total. The van der Waals surface area contributed by atoms with E-state index >= 15 is 0 Å². The Kier molecular flexibility index (Phi) is 6.78. The number of hydrogen-bond donors (Lipinski definition) is 4. The number of rotatable bonds is 7. The molecule has 142 valence electrons. The number of hydrogen-bond acceptors (Lipinski definition) is 5. The van der Waals surface area contributed by atoms with Crippen LogP contribution in [0.15, 0.2) is 40.9 Å². The molecule has 4 N–H and O–H groups in total. The van der Waals surface area contributed by atoms with Gasteiger partial charge in [-0.25, -0.2) is 0 Å². The molecule has 1 fully saturated rings. The van der Waals surface area contributed by atoms with Gasteiger partial charge in [-0.15, -0.1) is 0 Å². The Bertz CT molecular complexity index is 852. The van der Waals surface area contributed by atoms with Gasteiger partial charge in [-0.2, -0.15) is 5.26 Å². The van der Waals surface area contributed by atoms with Gasteiger partial charge in [0.15, 0.2) is 0 Å². The molecule has 1 aliphatic rings. The summed E-state index contributed by atoms with van der Waals surface area (Å²) in [6.07, 6.45) is 3.04. The lowest BCUT2D eigenvalue weighted by molar-refractivity contribution is -0.117. The summed E-state index contributed by atoms with van der Waals surface area (Å²) >= 11 is 0. The van der Waals surface area contributed by atoms with Crippen LogP contribution in [0.2, 0.25) is 0 Å². The number of likely N-dealkylation sites (N-methyl/N-ethyl adjacent to an activating group) is 1. The van der Waals surface area contributed by atoms with Crippen LogP contribution in [0.4, 0.5) is 0 Å². The molecular weight excluding hydrogens is 338 g/mol. The number of nitriles is 1. The van der Waals surface area contributed by atoms with Gasteiger partial charge in [0.25, 0.3) is 5.91 Å². The molecule has 2 rings (SSSR count). The van der Waals surface area contributed by atoms with Crippen molar-refractivity contribution in [1.82, 2.24) is 16.0 Å². The highest BCUT2D eigenvalue weighted by Gasteiger charge is 2.20. The molecule has 0 unspecified atom stereocenters. The van der Waals surface area contributed by atoms with Gasteiger partial charge in [-0.1, -0.05) is 18.2 Å². The zero-order valence-electron chi connectivity index (χ0n) is 16.4. The average molecular weight is 365 g/mol. The summed E-state index contributed by atoms with van der Waals surface area (Å²) in [7, 11) is 1.61. The first-order valence-electron chi connectivity index (χ1n) is 9.08. The molecule has 0 saturated heterocycles. The van der Waals surface area contributed by atoms with E-state index in [0.29, 0.717) is 12.1 Å². The summed E-state index contributed by atoms with van der Waals surface area (Å²) in [4.78, 5) is 12.7. The maximum absolute atomic E-state index is 12.7. The van der Waals surface area contributed by atoms with Crippen LogP contribution in [-0.2, 0) is 11.3 Å². The van der Waals surface area contributed by atoms with Gasteiger partial charge in [-0.05, 0) is 62.3 Å². The van der Waals surface area contributed by atoms with Crippen molar-refractivity contribution < 1.29 is 4.79 Å². The zero-order chi connectivity index (χ0) is 20.0. The summed E-state index contributed by atoms with van der Waals surface area (Å²) < 4.78 is 0. The molecule has 1 aliphatic carbocycles. The highest BCUT2D eigenvalue weighted by molar-refractivity contribution is 6.13. The molecule has 0 heterocycles. The van der Waals surface area contributed by atoms with E-state index in [-0.39, 0.29) is 17.3 Å². The Balaban J connectivity index is 2.16. The number of amides is 1. The topological polar surface area (TPSA) is 101 Å². The number of nitrogens with zero attached hydrogens (tertiary/aromatic N) is 1. The molecule has 0 bridgehead atoms. The molecule has 27 heavy (non-hydrogen) atoms. The number of carbonyl (C=O) groups excluding carboxylic acids is 1. The van der Waals surface area contributed by atoms with Gasteiger partial charge in [0, 0.05) is 19.2 Å². The minimum atomic E-state index is -0.350. The van der Waals surface area contributed by atoms with Crippen molar-refractivity contribution in [3.05, 3.63) is 57.6 Å². The van der Waals surface area contributed by atoms with Gasteiger partial charge in [0.05, 0.1) is 0 Å². The van der Waals surface area contributed by atoms with E-state index in [1.54, 1.807) is 20.0 Å². The summed E-state index contributed by atoms with van der Waals surface area (Å²) in [6.45, 7) is 6.38. The van der Waals surface area contributed by atoms with Crippen molar-refractivity contribution in [3.8, 4) is 6.07 Å². The summed E-state index contributed by atoms with van der Waals surface area (Å²) in [5.41, 5.74) is 5.16. The van der Waals surface area contributed by atoms with Crippen LogP contribution in [0.5, 0.6) is 0 Å². The average Bonchev–Trinajstić information content (AvgIpc) is 2.60. The van der Waals surface area contributed by atoms with Gasteiger partial charge in [0.2, 0.25) is 0 Å². The van der Waals surface area contributed by atoms with E-state index in [1.165, 1.54) is 16.7 Å². The third-order valence-electron chi connectivity index (χ3n) is 4.93. The van der Waals surface area contributed by atoms with Crippen molar-refractivity contribution in [2.75, 3.05) is 7.05 Å². The fourth-order valence-electron chi connectivity index (χ4n) is 2.82. The highest BCUT2D eigenvalue weighted by atomic mass is 16.2. The number of allylic oxidation sites excluding steroid dienone is 2. The standard InChI is InChI=1S/C21H27N5O/c1-13-8-9-16(10-14(13)2)12-25-20(17-6-5-7-17)26-21(27)19(24-4)15(3)18(23)11-22/h8-10,23-25H,5-7,12H2,1-4H3,(H,26,27)/b19-15-,23-18?. The molecule has 0 radical (unpaired) electrons. The second-order valence-corrected chi connectivity index (χ2v) is 6.80. The molecule has 0 atom stereocenters. The van der Waals surface area contributed by atoms with Crippen molar-refractivity contribution in [3.63, 3.8) is 0 Å². The molecular formula is C21H27N5O. The molecule has 1 amide bonds. The van der Waals surface area contributed by atoms with Crippen molar-refractivity contribution in [2.24, 2.45) is 0 Å². The predicted octanol–water partition coefficient (Wildman–Crippen LogP) is 2.94. The first kappa shape index (κ1) is 20.2. The Labute approximate surface area is 160 Å². The number of carbonyl (C=O) groups is 1. The normalized spacial score (nSPS) is 13.7. The van der Waals surface area contributed by atoms with E-state index in [1.807, 2.05) is 0 Å². The second-order valence-electron chi connectivity index (χ2n) is 6.80. The van der Waals surface area contributed by atoms with Gasteiger partial charge in [-0.3, -0.25) is 10.2 Å². The molecule has 1 aromatic carbocycles. The Morgan fingerprint density at radius 1 is 1.26 bits per heavy atom. The van der Waals surface area contributed by atoms with Gasteiger partial charge < -0.3 is 16.0 Å². The second kappa shape index (κ2) is 9.04. The quantitative estimate of drug-likeness (QED) is 0.441. The highest BCUT2D eigenvalue weighted by Crippen LogP contribution is 2.27. The smallest absolute Gasteiger partial charge is 0.273 e. The minimum Gasteiger partial charge on any atom is -0.383 e. The molecule has 0 aromatic heterocycles. The van der Waals surface area contributed by atoms with Crippen LogP contribution in [0, 0.1) is 30.6 Å². The van der Waals surface area contributed by atoms with E-state index in [4.69, 9.17) is 10.7 Å². The predicted molar refractivity (Wildman–Crippen MR) is 107 cm³/mol. The number of nitrogens with one attached hydrogen (secondary N) is 4. The molecule has 1 saturated carbocycles. The van der Waals surface area contributed by atoms with Crippen LogP contribution >= 0.6 is 0 Å². The largest absolute Gasteiger partial charge is 0.383 e. The lowest BCUT2D eigenvalue weighted by Gasteiger charge is -2.24. The van der Waals surface area contributed by atoms with Gasteiger partial charge >= 0.3 is 0 Å². The lowest BCUT2D eigenvalue weighted by atomic mass is 9.92. The van der Waals surface area contributed by atoms with Crippen LogP contribution in [0.25, 0.3) is 0 Å². The monoisotopic (exact) mass is 365 g/mol. The van der Waals surface area contributed by atoms with E-state index in [2.05, 4.69) is 48.0 Å². The van der Waals surface area contributed by atoms with Crippen molar-refractivity contribution in [1.29, 1.82) is 10.7 Å². The first-order chi connectivity index (χ1) is 12.9. The molecule has 0 aliphatic heterocycles. The lowest BCUT2D eigenvalue weighted by Crippen LogP contribution is -2.38. The molecule has 0 spiro atoms. The Hall–Kier alpha value is -3.07. The van der Waals surface area contributed by atoms with Crippen LogP contribution in [0.3, 0.4) is 0 Å². The molecule has 1 aromatic rings. The molecule has 6 heteroatoms. The summed E-state index contributed by atoms with van der Waals surface area (Å²) in [6, 6.07) is 8.09. The maximum Gasteiger partial charge on any atom is 0.273 e. The summed E-state index contributed by atoms with van der Waals surface area (Å²) in [5.74, 6) is 0.380. The minimum absolute atomic E-state index is 0.226. The fraction of sp³-hybridized carbons (Fsp3) is 0.381. The first-order valence-corrected chi connectivity index (χ1v) is 9.08. The van der Waals surface area contributed by atoms with Crippen LogP contribution in [-0.4, -0.2) is 18.7 Å². The van der Waals surface area contributed by atoms with Crippen LogP contribution in [0.1, 0.15) is 42.9 Å². The third kappa shape index (κ3) is 4.98. The Morgan fingerprint density at radius 3 is 2.48 bits per heavy atom.